The normalized spacial score (nSPS) is 12.5. The first-order chi connectivity index (χ1) is 35.5. The van der Waals surface area contributed by atoms with Crippen molar-refractivity contribution in [2.24, 2.45) is 0 Å². The summed E-state index contributed by atoms with van der Waals surface area (Å²) in [6, 6.07) is 0. The fraction of sp³-hybridized carbons (Fsp3) is 0.773. The first kappa shape index (κ1) is 68.8. The summed E-state index contributed by atoms with van der Waals surface area (Å²) in [7, 11) is 0. The van der Waals surface area contributed by atoms with Crippen molar-refractivity contribution in [3.63, 3.8) is 0 Å². The van der Waals surface area contributed by atoms with Gasteiger partial charge in [-0.2, -0.15) is 0 Å². The van der Waals surface area contributed by atoms with Crippen LogP contribution in [0.15, 0.2) is 72.9 Å². The Kier molecular flexibility index (Phi) is 57.8. The molecule has 0 aliphatic rings. The summed E-state index contributed by atoms with van der Waals surface area (Å²) < 4.78 is 16.9. The molecule has 0 N–H and O–H groups in total. The van der Waals surface area contributed by atoms with Crippen LogP contribution < -0.4 is 0 Å². The first-order valence-corrected chi connectivity index (χ1v) is 30.9. The second kappa shape index (κ2) is 60.4. The number of unbranched alkanes of at least 4 members (excludes halogenated alkanes) is 33. The molecule has 1 atom stereocenters. The summed E-state index contributed by atoms with van der Waals surface area (Å²) in [5.41, 5.74) is 0. The molecule has 0 aromatic carbocycles. The molecule has 1 unspecified atom stereocenters. The molecule has 0 radical (unpaired) electrons. The number of carbonyl (C=O) groups is 3. The average Bonchev–Trinajstić information content (AvgIpc) is 3.38. The van der Waals surface area contributed by atoms with E-state index in [9.17, 15) is 14.4 Å². The van der Waals surface area contributed by atoms with Crippen LogP contribution in [0.2, 0.25) is 0 Å². The van der Waals surface area contributed by atoms with Crippen molar-refractivity contribution < 1.29 is 28.6 Å². The standard InChI is InChI=1S/C66H116O6/c1-4-7-10-13-16-19-22-25-28-31-33-35-38-41-44-47-50-53-56-59-65(68)71-62-63(61-70-64(67)58-55-52-49-46-43-40-37-30-27-24-21-18-15-12-9-6-3)72-66(69)60-57-54-51-48-45-42-39-36-34-32-29-26-23-20-17-14-11-8-5-2/h7,10,16-17,19-20,25-26,28-29,33,35,63H,4-6,8-9,11-15,18,21-24,27,30-32,34,36-62H2,1-3H3/b10-7-,19-16-,20-17-,28-25-,29-26-,35-33-. The molecule has 0 aliphatic heterocycles. The summed E-state index contributed by atoms with van der Waals surface area (Å²) in [4.78, 5) is 38.3. The van der Waals surface area contributed by atoms with Crippen molar-refractivity contribution in [2.75, 3.05) is 13.2 Å². The number of hydrogen-bond donors (Lipinski definition) is 0. The zero-order valence-electron chi connectivity index (χ0n) is 47.7. The predicted octanol–water partition coefficient (Wildman–Crippen LogP) is 20.9. The van der Waals surface area contributed by atoms with Gasteiger partial charge in [-0.3, -0.25) is 14.4 Å². The van der Waals surface area contributed by atoms with Crippen LogP contribution in [0.3, 0.4) is 0 Å². The molecular formula is C66H116O6. The molecule has 0 bridgehead atoms. The molecule has 6 heteroatoms. The van der Waals surface area contributed by atoms with E-state index in [1.807, 2.05) is 0 Å². The fourth-order valence-electron chi connectivity index (χ4n) is 8.82. The van der Waals surface area contributed by atoms with E-state index < -0.39 is 6.10 Å². The third-order valence-corrected chi connectivity index (χ3v) is 13.4. The fourth-order valence-corrected chi connectivity index (χ4v) is 8.82. The summed E-state index contributed by atoms with van der Waals surface area (Å²) in [5, 5.41) is 0. The van der Waals surface area contributed by atoms with Gasteiger partial charge in [-0.05, 0) is 89.9 Å². The molecule has 0 aromatic rings. The van der Waals surface area contributed by atoms with Crippen LogP contribution in [0.25, 0.3) is 0 Å². The smallest absolute Gasteiger partial charge is 0.306 e. The van der Waals surface area contributed by atoms with E-state index in [0.717, 1.165) is 96.3 Å². The number of ether oxygens (including phenoxy) is 3. The highest BCUT2D eigenvalue weighted by atomic mass is 16.6. The van der Waals surface area contributed by atoms with Gasteiger partial charge >= 0.3 is 17.9 Å². The second-order valence-electron chi connectivity index (χ2n) is 20.6. The second-order valence-corrected chi connectivity index (χ2v) is 20.6. The Labute approximate surface area is 446 Å². The number of rotatable bonds is 56. The maximum atomic E-state index is 12.9. The van der Waals surface area contributed by atoms with Crippen molar-refractivity contribution in [3.8, 4) is 0 Å². The maximum Gasteiger partial charge on any atom is 0.306 e. The molecule has 0 aromatic heterocycles. The average molecular weight is 1010 g/mol. The molecule has 416 valence electrons. The Balaban J connectivity index is 4.39. The zero-order valence-corrected chi connectivity index (χ0v) is 47.7. The molecule has 0 fully saturated rings. The third-order valence-electron chi connectivity index (χ3n) is 13.4. The lowest BCUT2D eigenvalue weighted by atomic mass is 10.0. The highest BCUT2D eigenvalue weighted by molar-refractivity contribution is 5.71. The van der Waals surface area contributed by atoms with Crippen LogP contribution in [0, 0.1) is 0 Å². The van der Waals surface area contributed by atoms with Crippen molar-refractivity contribution in [2.45, 2.75) is 316 Å². The minimum Gasteiger partial charge on any atom is -0.462 e. The lowest BCUT2D eigenvalue weighted by Crippen LogP contribution is -2.30. The van der Waals surface area contributed by atoms with Crippen LogP contribution >= 0.6 is 0 Å². The van der Waals surface area contributed by atoms with E-state index in [4.69, 9.17) is 14.2 Å². The maximum absolute atomic E-state index is 12.9. The highest BCUT2D eigenvalue weighted by Crippen LogP contribution is 2.16. The van der Waals surface area contributed by atoms with Gasteiger partial charge in [0.2, 0.25) is 0 Å². The van der Waals surface area contributed by atoms with Crippen molar-refractivity contribution in [1.29, 1.82) is 0 Å². The van der Waals surface area contributed by atoms with Crippen molar-refractivity contribution >= 4 is 17.9 Å². The molecule has 0 spiro atoms. The van der Waals surface area contributed by atoms with E-state index in [1.54, 1.807) is 0 Å². The van der Waals surface area contributed by atoms with Gasteiger partial charge < -0.3 is 14.2 Å². The Morgan fingerprint density at radius 3 is 0.875 bits per heavy atom. The largest absolute Gasteiger partial charge is 0.462 e. The zero-order chi connectivity index (χ0) is 52.2. The molecule has 0 heterocycles. The van der Waals surface area contributed by atoms with E-state index in [1.165, 1.54) is 173 Å². The first-order valence-electron chi connectivity index (χ1n) is 30.9. The molecule has 6 nitrogen and oxygen atoms in total. The van der Waals surface area contributed by atoms with E-state index in [2.05, 4.69) is 93.7 Å². The minimum absolute atomic E-state index is 0.0789. The van der Waals surface area contributed by atoms with Gasteiger partial charge in [-0.1, -0.05) is 273 Å². The predicted molar refractivity (Wildman–Crippen MR) is 311 cm³/mol. The Morgan fingerprint density at radius 2 is 0.542 bits per heavy atom. The Hall–Kier alpha value is -3.15. The molecule has 0 saturated heterocycles. The monoisotopic (exact) mass is 1000 g/mol. The molecule has 0 saturated carbocycles. The lowest BCUT2D eigenvalue weighted by molar-refractivity contribution is -0.167. The number of hydrogen-bond acceptors (Lipinski definition) is 6. The summed E-state index contributed by atoms with van der Waals surface area (Å²) in [5.74, 6) is -0.883. The van der Waals surface area contributed by atoms with Crippen LogP contribution in [0.4, 0.5) is 0 Å². The highest BCUT2D eigenvalue weighted by Gasteiger charge is 2.19. The van der Waals surface area contributed by atoms with Crippen LogP contribution in [0.5, 0.6) is 0 Å². The van der Waals surface area contributed by atoms with Crippen LogP contribution in [-0.2, 0) is 28.6 Å². The molecule has 0 amide bonds. The van der Waals surface area contributed by atoms with Crippen LogP contribution in [-0.4, -0.2) is 37.2 Å². The van der Waals surface area contributed by atoms with Gasteiger partial charge in [0, 0.05) is 19.3 Å². The van der Waals surface area contributed by atoms with Gasteiger partial charge in [-0.15, -0.1) is 0 Å². The quantitative estimate of drug-likeness (QED) is 0.0261. The van der Waals surface area contributed by atoms with Crippen molar-refractivity contribution in [1.82, 2.24) is 0 Å². The molecule has 0 rings (SSSR count). The van der Waals surface area contributed by atoms with Crippen molar-refractivity contribution in [3.05, 3.63) is 72.9 Å². The number of carbonyl (C=O) groups excluding carboxylic acids is 3. The summed E-state index contributed by atoms with van der Waals surface area (Å²) in [6.45, 7) is 6.53. The summed E-state index contributed by atoms with van der Waals surface area (Å²) in [6.07, 6.45) is 77.5. The van der Waals surface area contributed by atoms with Gasteiger partial charge in [-0.25, -0.2) is 0 Å². The number of allylic oxidation sites excluding steroid dienone is 12. The summed E-state index contributed by atoms with van der Waals surface area (Å²) >= 11 is 0. The van der Waals surface area contributed by atoms with Crippen LogP contribution in [0.1, 0.15) is 310 Å². The van der Waals surface area contributed by atoms with E-state index in [0.29, 0.717) is 19.3 Å². The Bertz CT molecular complexity index is 1340. The minimum atomic E-state index is -0.783. The van der Waals surface area contributed by atoms with Gasteiger partial charge in [0.1, 0.15) is 13.2 Å². The Morgan fingerprint density at radius 1 is 0.292 bits per heavy atom. The van der Waals surface area contributed by atoms with Gasteiger partial charge in [0.25, 0.3) is 0 Å². The van der Waals surface area contributed by atoms with Gasteiger partial charge in [0.15, 0.2) is 6.10 Å². The SMILES string of the molecule is CC/C=C\C/C=C\C/C=C\C/C=C\CCCCCCCCC(=O)OCC(COC(=O)CCCCCCCCCCCCCCCCCC)OC(=O)CCCCCCCCCCC/C=C\C/C=C\CCCCC. The third kappa shape index (κ3) is 57.7. The molecular weight excluding hydrogens is 889 g/mol. The topological polar surface area (TPSA) is 78.9 Å². The van der Waals surface area contributed by atoms with Gasteiger partial charge in [0.05, 0.1) is 0 Å². The molecule has 72 heavy (non-hydrogen) atoms. The number of esters is 3. The molecule has 0 aliphatic carbocycles. The van der Waals surface area contributed by atoms with E-state index in [-0.39, 0.29) is 31.1 Å². The van der Waals surface area contributed by atoms with E-state index >= 15 is 0 Å². The lowest BCUT2D eigenvalue weighted by Gasteiger charge is -2.18.